The van der Waals surface area contributed by atoms with E-state index in [9.17, 15) is 19.8 Å². The van der Waals surface area contributed by atoms with E-state index in [1.807, 2.05) is 31.1 Å². The van der Waals surface area contributed by atoms with Gasteiger partial charge in [-0.05, 0) is 69.4 Å². The summed E-state index contributed by atoms with van der Waals surface area (Å²) in [6, 6.07) is 3.42. The summed E-state index contributed by atoms with van der Waals surface area (Å²) in [4.78, 5) is 32.9. The fraction of sp³-hybridized carbons (Fsp3) is 0.742. The van der Waals surface area contributed by atoms with Crippen LogP contribution in [0.2, 0.25) is 0 Å². The number of carbonyl (C=O) groups is 2. The molecule has 2 aliphatic heterocycles. The van der Waals surface area contributed by atoms with E-state index in [0.29, 0.717) is 36.6 Å². The monoisotopic (exact) mass is 561 g/mol. The Hall–Kier alpha value is -2.36. The second kappa shape index (κ2) is 14.5. The van der Waals surface area contributed by atoms with Crippen LogP contribution in [0.5, 0.6) is 11.5 Å². The van der Waals surface area contributed by atoms with Crippen molar-refractivity contribution in [2.45, 2.75) is 84.8 Å². The summed E-state index contributed by atoms with van der Waals surface area (Å²) < 4.78 is 11.2. The maximum atomic E-state index is 13.7. The smallest absolute Gasteiger partial charge is 0.308 e. The van der Waals surface area contributed by atoms with Gasteiger partial charge >= 0.3 is 5.97 Å². The van der Waals surface area contributed by atoms with Crippen molar-refractivity contribution >= 4 is 11.9 Å². The number of unbranched alkanes of at least 4 members (excludes halogenated alkanes) is 1. The number of carboxylic acid groups (broad SMARTS) is 1. The summed E-state index contributed by atoms with van der Waals surface area (Å²) in [6.07, 6.45) is 5.54. The highest BCUT2D eigenvalue weighted by atomic mass is 16.7. The molecule has 1 fully saturated rings. The molecule has 2 N–H and O–H groups in total. The molecule has 1 saturated heterocycles. The molecule has 0 spiro atoms. The average molecular weight is 562 g/mol. The number of fused-ring (bicyclic) bond motifs is 1. The molecule has 9 nitrogen and oxygen atoms in total. The highest BCUT2D eigenvalue weighted by Gasteiger charge is 2.49. The van der Waals surface area contributed by atoms with Crippen molar-refractivity contribution in [3.05, 3.63) is 23.3 Å². The minimum absolute atomic E-state index is 0.0667. The number of benzene rings is 1. The second-order valence-corrected chi connectivity index (χ2v) is 12.5. The molecule has 2 aliphatic rings. The molecule has 40 heavy (non-hydrogen) atoms. The number of hydrogen-bond donors (Lipinski definition) is 2. The molecule has 0 saturated carbocycles. The topological polar surface area (TPSA) is 103 Å². The minimum atomic E-state index is -0.853. The second-order valence-electron chi connectivity index (χ2n) is 12.5. The number of nitrogens with zero attached hydrogens (tertiary/aromatic N) is 3. The highest BCUT2D eigenvalue weighted by Crippen LogP contribution is 2.46. The third kappa shape index (κ3) is 8.10. The van der Waals surface area contributed by atoms with Crippen LogP contribution in [0, 0.1) is 11.3 Å². The van der Waals surface area contributed by atoms with Crippen molar-refractivity contribution in [1.29, 1.82) is 0 Å². The SMILES string of the molecule is CCCCN(CCCN(C)C)C(=O)CN1C[C@H](c2cc(CO)c3c(c2)OCO3)[C@@H](C(=O)O)[C@@H]1CC(C)(C)CCC. The Bertz CT molecular complexity index is 998. The van der Waals surface area contributed by atoms with Crippen molar-refractivity contribution in [3.63, 3.8) is 0 Å². The number of ether oxygens (including phenoxy) is 2. The summed E-state index contributed by atoms with van der Waals surface area (Å²) in [5.74, 6) is -0.756. The number of carbonyl (C=O) groups excluding carboxylic acids is 1. The van der Waals surface area contributed by atoms with Crippen molar-refractivity contribution in [3.8, 4) is 11.5 Å². The lowest BCUT2D eigenvalue weighted by Gasteiger charge is -2.35. The van der Waals surface area contributed by atoms with E-state index in [-0.39, 0.29) is 43.2 Å². The fourth-order valence-electron chi connectivity index (χ4n) is 6.43. The van der Waals surface area contributed by atoms with Crippen LogP contribution in [-0.2, 0) is 16.2 Å². The maximum absolute atomic E-state index is 13.7. The van der Waals surface area contributed by atoms with Gasteiger partial charge in [-0.3, -0.25) is 14.5 Å². The Kier molecular flexibility index (Phi) is 11.7. The van der Waals surface area contributed by atoms with Gasteiger partial charge in [-0.2, -0.15) is 0 Å². The van der Waals surface area contributed by atoms with Crippen LogP contribution in [-0.4, -0.2) is 96.4 Å². The normalized spacial score (nSPS) is 20.9. The average Bonchev–Trinajstić information content (AvgIpc) is 3.49. The van der Waals surface area contributed by atoms with E-state index >= 15 is 0 Å². The summed E-state index contributed by atoms with van der Waals surface area (Å²) in [7, 11) is 4.07. The van der Waals surface area contributed by atoms with Gasteiger partial charge in [0.1, 0.15) is 0 Å². The molecule has 0 aliphatic carbocycles. The van der Waals surface area contributed by atoms with Gasteiger partial charge in [0.05, 0.1) is 19.1 Å². The van der Waals surface area contributed by atoms with Crippen LogP contribution >= 0.6 is 0 Å². The van der Waals surface area contributed by atoms with Gasteiger partial charge in [-0.25, -0.2) is 0 Å². The van der Waals surface area contributed by atoms with E-state index in [1.54, 1.807) is 0 Å². The van der Waals surface area contributed by atoms with E-state index in [1.165, 1.54) is 0 Å². The molecule has 0 radical (unpaired) electrons. The van der Waals surface area contributed by atoms with E-state index in [4.69, 9.17) is 9.47 Å². The number of likely N-dealkylation sites (tertiary alicyclic amines) is 1. The largest absolute Gasteiger partial charge is 0.481 e. The molecule has 3 atom stereocenters. The summed E-state index contributed by atoms with van der Waals surface area (Å²) in [6.45, 7) is 11.5. The first-order valence-corrected chi connectivity index (χ1v) is 14.9. The van der Waals surface area contributed by atoms with Gasteiger partial charge in [-0.1, -0.05) is 40.5 Å². The molecular weight excluding hydrogens is 510 g/mol. The third-order valence-corrected chi connectivity index (χ3v) is 8.40. The standard InChI is InChI=1S/C31H51N3O6/c1-7-9-13-33(14-10-12-32(5)6)27(36)19-34-18-24(22-15-23(20-35)29-26(16-22)39-21-40-29)28(30(37)38)25(34)17-31(3,4)11-8-2/h15-16,24-25,28,35H,7-14,17-21H2,1-6H3,(H,37,38)/t24-,25+,28-/m1/s1. The predicted molar refractivity (Wildman–Crippen MR) is 156 cm³/mol. The van der Waals surface area contributed by atoms with Crippen LogP contribution in [0.15, 0.2) is 12.1 Å². The number of aliphatic carboxylic acids is 1. The summed E-state index contributed by atoms with van der Waals surface area (Å²) in [5, 5.41) is 20.6. The molecule has 0 unspecified atom stereocenters. The van der Waals surface area contributed by atoms with Crippen LogP contribution in [0.3, 0.4) is 0 Å². The van der Waals surface area contributed by atoms with Crippen molar-refractivity contribution in [2.75, 3.05) is 53.6 Å². The highest BCUT2D eigenvalue weighted by molar-refractivity contribution is 5.79. The summed E-state index contributed by atoms with van der Waals surface area (Å²) >= 11 is 0. The van der Waals surface area contributed by atoms with Gasteiger partial charge < -0.3 is 29.5 Å². The molecule has 9 heteroatoms. The van der Waals surface area contributed by atoms with Gasteiger partial charge in [0.15, 0.2) is 11.5 Å². The van der Waals surface area contributed by atoms with Gasteiger partial charge in [0.25, 0.3) is 0 Å². The number of aliphatic hydroxyl groups is 1. The number of rotatable bonds is 16. The van der Waals surface area contributed by atoms with Crippen LogP contribution in [0.1, 0.15) is 83.3 Å². The van der Waals surface area contributed by atoms with E-state index < -0.39 is 11.9 Å². The lowest BCUT2D eigenvalue weighted by Crippen LogP contribution is -2.46. The minimum Gasteiger partial charge on any atom is -0.481 e. The quantitative estimate of drug-likeness (QED) is 0.310. The van der Waals surface area contributed by atoms with E-state index in [0.717, 1.165) is 50.8 Å². The number of amides is 1. The Morgan fingerprint density at radius 1 is 1.07 bits per heavy atom. The summed E-state index contributed by atoms with van der Waals surface area (Å²) in [5.41, 5.74) is 1.34. The Balaban J connectivity index is 1.93. The zero-order chi connectivity index (χ0) is 29.4. The van der Waals surface area contributed by atoms with Gasteiger partial charge in [0.2, 0.25) is 12.7 Å². The molecular formula is C31H51N3O6. The third-order valence-electron chi connectivity index (χ3n) is 8.40. The van der Waals surface area contributed by atoms with Crippen LogP contribution in [0.25, 0.3) is 0 Å². The van der Waals surface area contributed by atoms with Gasteiger partial charge in [-0.15, -0.1) is 0 Å². The molecule has 0 aromatic heterocycles. The Morgan fingerprint density at radius 3 is 2.42 bits per heavy atom. The maximum Gasteiger partial charge on any atom is 0.308 e. The number of aliphatic hydroxyl groups excluding tert-OH is 1. The number of hydrogen-bond acceptors (Lipinski definition) is 7. The van der Waals surface area contributed by atoms with E-state index in [2.05, 4.69) is 37.5 Å². The van der Waals surface area contributed by atoms with Crippen molar-refractivity contribution in [2.24, 2.45) is 11.3 Å². The molecule has 226 valence electrons. The number of carboxylic acids is 1. The zero-order valence-corrected chi connectivity index (χ0v) is 25.4. The molecule has 1 aromatic carbocycles. The predicted octanol–water partition coefficient (Wildman–Crippen LogP) is 4.17. The molecule has 2 heterocycles. The first-order valence-electron chi connectivity index (χ1n) is 14.9. The van der Waals surface area contributed by atoms with Crippen molar-refractivity contribution < 1.29 is 29.3 Å². The first-order chi connectivity index (χ1) is 19.0. The molecule has 3 rings (SSSR count). The fourth-order valence-corrected chi connectivity index (χ4v) is 6.43. The Morgan fingerprint density at radius 2 is 1.80 bits per heavy atom. The zero-order valence-electron chi connectivity index (χ0n) is 25.4. The molecule has 0 bridgehead atoms. The van der Waals surface area contributed by atoms with Gasteiger partial charge in [0, 0.05) is 37.2 Å². The lowest BCUT2D eigenvalue weighted by atomic mass is 9.76. The first kappa shape index (κ1) is 32.2. The van der Waals surface area contributed by atoms with Crippen LogP contribution < -0.4 is 9.47 Å². The lowest BCUT2D eigenvalue weighted by molar-refractivity contribution is -0.144. The van der Waals surface area contributed by atoms with Crippen LogP contribution in [0.4, 0.5) is 0 Å². The Labute approximate surface area is 240 Å². The van der Waals surface area contributed by atoms with Crippen molar-refractivity contribution in [1.82, 2.24) is 14.7 Å². The molecule has 1 aromatic rings. The molecule has 1 amide bonds.